The summed E-state index contributed by atoms with van der Waals surface area (Å²) in [7, 11) is 0. The van der Waals surface area contributed by atoms with Gasteiger partial charge >= 0.3 is 0 Å². The Kier molecular flexibility index (Phi) is 6.73. The van der Waals surface area contributed by atoms with Crippen LogP contribution in [0.15, 0.2) is 89.8 Å². The van der Waals surface area contributed by atoms with Crippen molar-refractivity contribution in [3.05, 3.63) is 96.1 Å². The van der Waals surface area contributed by atoms with Gasteiger partial charge in [0.2, 0.25) is 0 Å². The zero-order valence-corrected chi connectivity index (χ0v) is 15.2. The van der Waals surface area contributed by atoms with Crippen molar-refractivity contribution in [2.45, 2.75) is 11.4 Å². The maximum Gasteiger partial charge on any atom is 0.251 e. The number of nitrogens with one attached hydrogen (secondary N) is 1. The number of thioether (sulfide) groups is 1. The quantitative estimate of drug-likeness (QED) is 0.462. The van der Waals surface area contributed by atoms with Gasteiger partial charge < -0.3 is 10.1 Å². The largest absolute Gasteiger partial charge is 0.493 e. The Balaban J connectivity index is 1.42. The highest BCUT2D eigenvalue weighted by atomic mass is 32.2. The molecule has 0 heterocycles. The van der Waals surface area contributed by atoms with Crippen molar-refractivity contribution >= 4 is 17.7 Å². The van der Waals surface area contributed by atoms with Gasteiger partial charge in [-0.15, -0.1) is 11.8 Å². The second-order valence-electron chi connectivity index (χ2n) is 5.70. The molecule has 0 aromatic heterocycles. The highest BCUT2D eigenvalue weighted by molar-refractivity contribution is 7.99. The van der Waals surface area contributed by atoms with Crippen molar-refractivity contribution in [2.75, 3.05) is 12.4 Å². The fourth-order valence-corrected chi connectivity index (χ4v) is 3.17. The lowest BCUT2D eigenvalue weighted by atomic mass is 10.2. The summed E-state index contributed by atoms with van der Waals surface area (Å²) in [4.78, 5) is 13.4. The number of hydrogen-bond donors (Lipinski definition) is 1. The van der Waals surface area contributed by atoms with Gasteiger partial charge in [-0.05, 0) is 42.0 Å². The van der Waals surface area contributed by atoms with Crippen LogP contribution >= 0.6 is 11.8 Å². The summed E-state index contributed by atoms with van der Waals surface area (Å²) in [5.74, 6) is 1.57. The zero-order valence-electron chi connectivity index (χ0n) is 14.4. The fraction of sp³-hybridized carbons (Fsp3) is 0.136. The smallest absolute Gasteiger partial charge is 0.251 e. The monoisotopic (exact) mass is 363 g/mol. The minimum Gasteiger partial charge on any atom is -0.493 e. The molecular formula is C22H21NO2S. The number of ether oxygens (including phenoxy) is 1. The minimum atomic E-state index is -0.0833. The second-order valence-corrected chi connectivity index (χ2v) is 6.87. The van der Waals surface area contributed by atoms with Gasteiger partial charge in [-0.3, -0.25) is 4.79 Å². The summed E-state index contributed by atoms with van der Waals surface area (Å²) >= 11 is 1.76. The van der Waals surface area contributed by atoms with E-state index in [9.17, 15) is 4.79 Å². The van der Waals surface area contributed by atoms with Gasteiger partial charge in [0.05, 0.1) is 6.61 Å². The normalized spacial score (nSPS) is 10.3. The van der Waals surface area contributed by atoms with E-state index in [4.69, 9.17) is 4.74 Å². The molecule has 3 aromatic rings. The standard InChI is InChI=1S/C22H21NO2S/c24-22(23-17-18-7-3-1-4-8-18)19-11-13-20(14-12-19)25-15-16-26-21-9-5-2-6-10-21/h1-14H,15-17H2,(H,23,24). The molecule has 1 N–H and O–H groups in total. The lowest BCUT2D eigenvalue weighted by Gasteiger charge is -2.08. The molecule has 0 bridgehead atoms. The number of carbonyl (C=O) groups is 1. The fourth-order valence-electron chi connectivity index (χ4n) is 2.42. The topological polar surface area (TPSA) is 38.3 Å². The lowest BCUT2D eigenvalue weighted by molar-refractivity contribution is 0.0951. The molecule has 3 aromatic carbocycles. The van der Waals surface area contributed by atoms with E-state index in [1.54, 1.807) is 23.9 Å². The molecule has 0 unspecified atom stereocenters. The third kappa shape index (κ3) is 5.67. The molecule has 0 saturated carbocycles. The molecule has 0 spiro atoms. The van der Waals surface area contributed by atoms with Crippen LogP contribution in [0, 0.1) is 0 Å². The Labute approximate surface area is 158 Å². The first-order chi connectivity index (χ1) is 12.8. The van der Waals surface area contributed by atoms with Crippen LogP contribution in [-0.2, 0) is 6.54 Å². The molecule has 0 atom stereocenters. The Bertz CT molecular complexity index is 805. The molecule has 1 amide bonds. The number of rotatable bonds is 8. The van der Waals surface area contributed by atoms with E-state index in [0.29, 0.717) is 18.7 Å². The first kappa shape index (κ1) is 18.1. The number of carbonyl (C=O) groups excluding carboxylic acids is 1. The molecule has 26 heavy (non-hydrogen) atoms. The molecule has 0 radical (unpaired) electrons. The summed E-state index contributed by atoms with van der Waals surface area (Å²) in [6.07, 6.45) is 0. The predicted octanol–water partition coefficient (Wildman–Crippen LogP) is 4.79. The summed E-state index contributed by atoms with van der Waals surface area (Å²) in [5.41, 5.74) is 1.71. The Morgan fingerprint density at radius 1 is 0.846 bits per heavy atom. The van der Waals surface area contributed by atoms with Crippen LogP contribution in [0.1, 0.15) is 15.9 Å². The highest BCUT2D eigenvalue weighted by Crippen LogP contribution is 2.18. The van der Waals surface area contributed by atoms with E-state index in [1.807, 2.05) is 60.7 Å². The highest BCUT2D eigenvalue weighted by Gasteiger charge is 2.05. The van der Waals surface area contributed by atoms with Crippen LogP contribution in [0.4, 0.5) is 0 Å². The Morgan fingerprint density at radius 3 is 2.19 bits per heavy atom. The van der Waals surface area contributed by atoms with Crippen molar-refractivity contribution in [3.63, 3.8) is 0 Å². The van der Waals surface area contributed by atoms with Crippen molar-refractivity contribution in [2.24, 2.45) is 0 Å². The third-order valence-corrected chi connectivity index (χ3v) is 4.75. The van der Waals surface area contributed by atoms with Crippen molar-refractivity contribution in [1.82, 2.24) is 5.32 Å². The van der Waals surface area contributed by atoms with Crippen LogP contribution < -0.4 is 10.1 Å². The van der Waals surface area contributed by atoms with Gasteiger partial charge in [0.1, 0.15) is 5.75 Å². The molecule has 0 fully saturated rings. The Morgan fingerprint density at radius 2 is 1.50 bits per heavy atom. The zero-order chi connectivity index (χ0) is 18.0. The van der Waals surface area contributed by atoms with E-state index in [1.165, 1.54) is 4.90 Å². The summed E-state index contributed by atoms with van der Waals surface area (Å²) < 4.78 is 5.74. The van der Waals surface area contributed by atoms with Crippen molar-refractivity contribution in [1.29, 1.82) is 0 Å². The van der Waals surface area contributed by atoms with E-state index >= 15 is 0 Å². The average molecular weight is 363 g/mol. The Hall–Kier alpha value is -2.72. The average Bonchev–Trinajstić information content (AvgIpc) is 2.71. The van der Waals surface area contributed by atoms with Crippen LogP contribution in [0.25, 0.3) is 0 Å². The molecular weight excluding hydrogens is 342 g/mol. The molecule has 0 aliphatic rings. The van der Waals surface area contributed by atoms with E-state index < -0.39 is 0 Å². The van der Waals surface area contributed by atoms with Gasteiger partial charge in [-0.2, -0.15) is 0 Å². The van der Waals surface area contributed by atoms with Gasteiger partial charge in [0, 0.05) is 22.8 Å². The second kappa shape index (κ2) is 9.68. The van der Waals surface area contributed by atoms with Gasteiger partial charge in [0.25, 0.3) is 5.91 Å². The van der Waals surface area contributed by atoms with Gasteiger partial charge in [-0.1, -0.05) is 48.5 Å². The molecule has 0 aliphatic heterocycles. The SMILES string of the molecule is O=C(NCc1ccccc1)c1ccc(OCCSc2ccccc2)cc1. The van der Waals surface area contributed by atoms with Crippen LogP contribution in [0.5, 0.6) is 5.75 Å². The van der Waals surface area contributed by atoms with Crippen LogP contribution in [-0.4, -0.2) is 18.3 Å². The first-order valence-corrected chi connectivity index (χ1v) is 9.53. The summed E-state index contributed by atoms with van der Waals surface area (Å²) in [6, 6.07) is 27.4. The maximum absolute atomic E-state index is 12.2. The van der Waals surface area contributed by atoms with Crippen molar-refractivity contribution < 1.29 is 9.53 Å². The van der Waals surface area contributed by atoms with E-state index in [-0.39, 0.29) is 5.91 Å². The summed E-state index contributed by atoms with van der Waals surface area (Å²) in [5, 5.41) is 2.92. The number of hydrogen-bond acceptors (Lipinski definition) is 3. The van der Waals surface area contributed by atoms with Crippen LogP contribution in [0.2, 0.25) is 0 Å². The lowest BCUT2D eigenvalue weighted by Crippen LogP contribution is -2.22. The molecule has 0 saturated heterocycles. The maximum atomic E-state index is 12.2. The van der Waals surface area contributed by atoms with Crippen molar-refractivity contribution in [3.8, 4) is 5.75 Å². The molecule has 3 rings (SSSR count). The van der Waals surface area contributed by atoms with E-state index in [2.05, 4.69) is 17.4 Å². The minimum absolute atomic E-state index is 0.0833. The van der Waals surface area contributed by atoms with Gasteiger partial charge in [-0.25, -0.2) is 0 Å². The molecule has 132 valence electrons. The predicted molar refractivity (Wildman–Crippen MR) is 107 cm³/mol. The number of amides is 1. The molecule has 0 aliphatic carbocycles. The number of benzene rings is 3. The summed E-state index contributed by atoms with van der Waals surface area (Å²) in [6.45, 7) is 1.15. The molecule has 3 nitrogen and oxygen atoms in total. The van der Waals surface area contributed by atoms with E-state index in [0.717, 1.165) is 17.1 Å². The molecule has 4 heteroatoms. The van der Waals surface area contributed by atoms with Gasteiger partial charge in [0.15, 0.2) is 0 Å². The van der Waals surface area contributed by atoms with Crippen LogP contribution in [0.3, 0.4) is 0 Å². The first-order valence-electron chi connectivity index (χ1n) is 8.54. The third-order valence-electron chi connectivity index (χ3n) is 3.78.